The van der Waals surface area contributed by atoms with Crippen molar-refractivity contribution in [1.29, 1.82) is 0 Å². The van der Waals surface area contributed by atoms with Crippen LogP contribution >= 0.6 is 34.9 Å². The van der Waals surface area contributed by atoms with Gasteiger partial charge >= 0.3 is 0 Å². The van der Waals surface area contributed by atoms with Gasteiger partial charge in [0.15, 0.2) is 8.68 Å². The molecule has 6 nitrogen and oxygen atoms in total. The average molecular weight is 369 g/mol. The highest BCUT2D eigenvalue weighted by molar-refractivity contribution is 8.03. The number of nitrogens with one attached hydrogen (secondary N) is 1. The van der Waals surface area contributed by atoms with E-state index in [0.29, 0.717) is 11.3 Å². The van der Waals surface area contributed by atoms with Crippen molar-refractivity contribution in [2.75, 3.05) is 16.8 Å². The molecule has 9 heteroatoms. The fraction of sp³-hybridized carbons (Fsp3) is 0.286. The Bertz CT molecular complexity index is 673. The van der Waals surface area contributed by atoms with Gasteiger partial charge in [-0.2, -0.15) is 0 Å². The smallest absolute Gasteiger partial charge is 0.248 e. The SMILES string of the molecule is CCCSc1nnc(SCC(=O)Nc2ccc(C(N)=O)cc2)s1. The largest absolute Gasteiger partial charge is 0.366 e. The Morgan fingerprint density at radius 1 is 1.17 bits per heavy atom. The summed E-state index contributed by atoms with van der Waals surface area (Å²) < 4.78 is 1.71. The summed E-state index contributed by atoms with van der Waals surface area (Å²) in [5, 5.41) is 10.9. The Kier molecular flexibility index (Phi) is 6.87. The van der Waals surface area contributed by atoms with Crippen LogP contribution in [-0.4, -0.2) is 33.5 Å². The van der Waals surface area contributed by atoms with Crippen LogP contribution in [0.3, 0.4) is 0 Å². The summed E-state index contributed by atoms with van der Waals surface area (Å²) in [5.41, 5.74) is 6.19. The second-order valence-electron chi connectivity index (χ2n) is 4.46. The van der Waals surface area contributed by atoms with Crippen LogP contribution in [0.4, 0.5) is 5.69 Å². The van der Waals surface area contributed by atoms with Gasteiger partial charge < -0.3 is 11.1 Å². The molecular weight excluding hydrogens is 352 g/mol. The van der Waals surface area contributed by atoms with E-state index in [2.05, 4.69) is 22.4 Å². The van der Waals surface area contributed by atoms with Gasteiger partial charge in [-0.25, -0.2) is 0 Å². The second kappa shape index (κ2) is 8.90. The maximum atomic E-state index is 11.9. The lowest BCUT2D eigenvalue weighted by atomic mass is 10.2. The highest BCUT2D eigenvalue weighted by Gasteiger charge is 2.09. The minimum absolute atomic E-state index is 0.139. The van der Waals surface area contributed by atoms with Gasteiger partial charge in [0.05, 0.1) is 5.75 Å². The summed E-state index contributed by atoms with van der Waals surface area (Å²) in [6.07, 6.45) is 1.09. The van der Waals surface area contributed by atoms with Gasteiger partial charge in [0.25, 0.3) is 0 Å². The molecule has 2 rings (SSSR count). The monoisotopic (exact) mass is 368 g/mol. The molecule has 0 saturated heterocycles. The predicted molar refractivity (Wildman–Crippen MR) is 95.2 cm³/mol. The zero-order valence-corrected chi connectivity index (χ0v) is 14.9. The van der Waals surface area contributed by atoms with Crippen LogP contribution in [-0.2, 0) is 4.79 Å². The van der Waals surface area contributed by atoms with Crippen LogP contribution in [0.25, 0.3) is 0 Å². The number of carbonyl (C=O) groups is 2. The summed E-state index contributed by atoms with van der Waals surface area (Å²) in [4.78, 5) is 22.9. The van der Waals surface area contributed by atoms with Crippen molar-refractivity contribution in [3.63, 3.8) is 0 Å². The van der Waals surface area contributed by atoms with E-state index in [-0.39, 0.29) is 11.7 Å². The molecule has 0 fully saturated rings. The standard InChI is InChI=1S/C14H16N4O2S3/c1-2-7-21-13-17-18-14(23-13)22-8-11(19)16-10-5-3-9(4-6-10)12(15)20/h3-6H,2,7-8H2,1H3,(H2,15,20)(H,16,19). The number of rotatable bonds is 8. The lowest BCUT2D eigenvalue weighted by Gasteiger charge is -2.04. The molecule has 1 heterocycles. The maximum absolute atomic E-state index is 11.9. The van der Waals surface area contributed by atoms with Gasteiger partial charge in [0.1, 0.15) is 0 Å². The van der Waals surface area contributed by atoms with Crippen LogP contribution in [0, 0.1) is 0 Å². The van der Waals surface area contributed by atoms with Crippen molar-refractivity contribution in [3.8, 4) is 0 Å². The Morgan fingerprint density at radius 3 is 2.43 bits per heavy atom. The fourth-order valence-electron chi connectivity index (χ4n) is 1.55. The Hall–Kier alpha value is -1.58. The Labute approximate surface area is 146 Å². The molecule has 2 amide bonds. The molecule has 3 N–H and O–H groups in total. The number of thioether (sulfide) groups is 2. The van der Waals surface area contributed by atoms with Crippen LogP contribution in [0.1, 0.15) is 23.7 Å². The number of nitrogens with two attached hydrogens (primary N) is 1. The molecule has 0 radical (unpaired) electrons. The lowest BCUT2D eigenvalue weighted by Crippen LogP contribution is -2.14. The molecular formula is C14H16N4O2S3. The highest BCUT2D eigenvalue weighted by atomic mass is 32.2. The second-order valence-corrected chi connectivity index (χ2v) is 8.00. The molecule has 2 aromatic rings. The van der Waals surface area contributed by atoms with Crippen LogP contribution in [0.5, 0.6) is 0 Å². The molecule has 0 aliphatic rings. The van der Waals surface area contributed by atoms with E-state index >= 15 is 0 Å². The fourth-order valence-corrected chi connectivity index (χ4v) is 4.29. The van der Waals surface area contributed by atoms with Crippen molar-refractivity contribution in [3.05, 3.63) is 29.8 Å². The summed E-state index contributed by atoms with van der Waals surface area (Å²) in [6, 6.07) is 6.44. The van der Waals surface area contributed by atoms with E-state index in [9.17, 15) is 9.59 Å². The third-order valence-corrected chi connectivity index (χ3v) is 5.99. The molecule has 0 saturated carbocycles. The summed E-state index contributed by atoms with van der Waals surface area (Å²) >= 11 is 4.53. The summed E-state index contributed by atoms with van der Waals surface area (Å²) in [7, 11) is 0. The third-order valence-electron chi connectivity index (χ3n) is 2.60. The molecule has 0 aliphatic heterocycles. The first-order chi connectivity index (χ1) is 11.1. The third kappa shape index (κ3) is 5.85. The molecule has 0 unspecified atom stereocenters. The molecule has 0 atom stereocenters. The van der Waals surface area contributed by atoms with Crippen molar-refractivity contribution < 1.29 is 9.59 Å². The summed E-state index contributed by atoms with van der Waals surface area (Å²) in [6.45, 7) is 2.12. The molecule has 0 aliphatic carbocycles. The number of hydrogen-bond acceptors (Lipinski definition) is 7. The minimum Gasteiger partial charge on any atom is -0.366 e. The molecule has 0 spiro atoms. The van der Waals surface area contributed by atoms with Crippen molar-refractivity contribution in [2.24, 2.45) is 5.73 Å². The van der Waals surface area contributed by atoms with E-state index in [0.717, 1.165) is 20.9 Å². The predicted octanol–water partition coefficient (Wildman–Crippen LogP) is 2.87. The number of hydrogen-bond donors (Lipinski definition) is 2. The van der Waals surface area contributed by atoms with Crippen LogP contribution in [0.15, 0.2) is 32.9 Å². The molecule has 0 bridgehead atoms. The van der Waals surface area contributed by atoms with Gasteiger partial charge in [-0.3, -0.25) is 9.59 Å². The zero-order chi connectivity index (χ0) is 16.7. The number of primary amides is 1. The summed E-state index contributed by atoms with van der Waals surface area (Å²) in [5.74, 6) is 0.636. The van der Waals surface area contributed by atoms with E-state index in [4.69, 9.17) is 5.73 Å². The molecule has 122 valence electrons. The number of carbonyl (C=O) groups excluding carboxylic acids is 2. The van der Waals surface area contributed by atoms with Gasteiger partial charge in [-0.05, 0) is 30.7 Å². The topological polar surface area (TPSA) is 98.0 Å². The van der Waals surface area contributed by atoms with Gasteiger partial charge in [0, 0.05) is 17.0 Å². The highest BCUT2D eigenvalue weighted by Crippen LogP contribution is 2.29. The average Bonchev–Trinajstić information content (AvgIpc) is 2.99. The normalized spacial score (nSPS) is 10.5. The van der Waals surface area contributed by atoms with Crippen molar-refractivity contribution in [2.45, 2.75) is 22.0 Å². The maximum Gasteiger partial charge on any atom is 0.248 e. The number of benzene rings is 1. The van der Waals surface area contributed by atoms with Gasteiger partial charge in [-0.15, -0.1) is 10.2 Å². The van der Waals surface area contributed by atoms with Crippen molar-refractivity contribution >= 4 is 52.4 Å². The van der Waals surface area contributed by atoms with Crippen LogP contribution < -0.4 is 11.1 Å². The molecule has 1 aromatic heterocycles. The van der Waals surface area contributed by atoms with Gasteiger partial charge in [-0.1, -0.05) is 41.8 Å². The number of aromatic nitrogens is 2. The quantitative estimate of drug-likeness (QED) is 0.695. The minimum atomic E-state index is -0.494. The van der Waals surface area contributed by atoms with Gasteiger partial charge in [0.2, 0.25) is 11.8 Å². The van der Waals surface area contributed by atoms with E-state index < -0.39 is 5.91 Å². The van der Waals surface area contributed by atoms with Crippen LogP contribution in [0.2, 0.25) is 0 Å². The first-order valence-corrected chi connectivity index (χ1v) is 9.66. The first-order valence-electron chi connectivity index (χ1n) is 6.87. The van der Waals surface area contributed by atoms with Crippen molar-refractivity contribution in [1.82, 2.24) is 10.2 Å². The number of nitrogens with zero attached hydrogens (tertiary/aromatic N) is 2. The zero-order valence-electron chi connectivity index (χ0n) is 12.4. The molecule has 23 heavy (non-hydrogen) atoms. The van der Waals surface area contributed by atoms with E-state index in [1.807, 2.05) is 0 Å². The lowest BCUT2D eigenvalue weighted by molar-refractivity contribution is -0.113. The molecule has 1 aromatic carbocycles. The van der Waals surface area contributed by atoms with E-state index in [1.54, 1.807) is 36.0 Å². The first kappa shape index (κ1) is 17.8. The van der Waals surface area contributed by atoms with E-state index in [1.165, 1.54) is 23.1 Å². The number of anilines is 1. The Balaban J connectivity index is 1.80. The number of amides is 2. The Morgan fingerprint density at radius 2 is 1.83 bits per heavy atom.